The van der Waals surface area contributed by atoms with Crippen molar-refractivity contribution < 1.29 is 42.5 Å². The number of hydrogen-bond donors (Lipinski definition) is 6. The van der Waals surface area contributed by atoms with E-state index in [2.05, 4.69) is 18.8 Å². The van der Waals surface area contributed by atoms with Crippen molar-refractivity contribution in [1.82, 2.24) is 19.5 Å². The van der Waals surface area contributed by atoms with E-state index in [0.29, 0.717) is 0 Å². The Morgan fingerprint density at radius 1 is 1.30 bits per heavy atom. The third-order valence-electron chi connectivity index (χ3n) is 3.59. The molecule has 150 valence electrons. The molecule has 1 aliphatic heterocycles. The monoisotopic (exact) mass is 428 g/mol. The predicted molar refractivity (Wildman–Crippen MR) is 84.4 cm³/mol. The lowest BCUT2D eigenvalue weighted by molar-refractivity contribution is -0.0423. The summed E-state index contributed by atoms with van der Waals surface area (Å²) in [6.07, 6.45) is -2.12. The largest absolute Gasteiger partial charge is 0.481 e. The van der Waals surface area contributed by atoms with Crippen molar-refractivity contribution in [1.29, 1.82) is 0 Å². The Hall–Kier alpha value is -1.67. The van der Waals surface area contributed by atoms with E-state index in [4.69, 9.17) is 14.5 Å². The van der Waals surface area contributed by atoms with Crippen LogP contribution in [-0.2, 0) is 22.7 Å². The number of nitrogens with zero attached hydrogens (tertiary/aromatic N) is 2. The smallest absolute Gasteiger partial charge is 0.390 e. The van der Waals surface area contributed by atoms with Crippen LogP contribution in [0.3, 0.4) is 0 Å². The van der Waals surface area contributed by atoms with E-state index in [9.17, 15) is 28.7 Å². The first kappa shape index (κ1) is 20.1. The second-order valence-electron chi connectivity index (χ2n) is 5.53. The fourth-order valence-electron chi connectivity index (χ4n) is 2.53. The molecule has 0 bridgehead atoms. The van der Waals surface area contributed by atoms with Gasteiger partial charge in [-0.05, 0) is 0 Å². The van der Waals surface area contributed by atoms with Crippen molar-refractivity contribution in [2.75, 3.05) is 6.61 Å². The summed E-state index contributed by atoms with van der Waals surface area (Å²) in [5.41, 5.74) is -1.52. The van der Waals surface area contributed by atoms with Crippen LogP contribution in [0.1, 0.15) is 12.6 Å². The number of rotatable bonds is 6. The summed E-state index contributed by atoms with van der Waals surface area (Å²) >= 11 is 0. The maximum absolute atomic E-state index is 11.7. The minimum atomic E-state index is -5.27. The summed E-state index contributed by atoms with van der Waals surface area (Å²) in [7, 11) is -10.4. The number of H-pyrrole nitrogens is 2. The number of imidazole rings is 1. The molecule has 17 heteroatoms. The first-order chi connectivity index (χ1) is 12.5. The van der Waals surface area contributed by atoms with E-state index in [1.807, 2.05) is 4.98 Å². The van der Waals surface area contributed by atoms with Crippen LogP contribution in [-0.4, -0.2) is 58.1 Å². The lowest BCUT2D eigenvalue weighted by atomic mass is 10.2. The minimum absolute atomic E-state index is 0.0418. The molecule has 0 spiro atoms. The van der Waals surface area contributed by atoms with Crippen LogP contribution in [0.15, 0.2) is 15.9 Å². The molecule has 0 saturated carbocycles. The third-order valence-corrected chi connectivity index (χ3v) is 5.75. The Bertz CT molecular complexity index is 1050. The van der Waals surface area contributed by atoms with Gasteiger partial charge in [0.25, 0.3) is 5.56 Å². The van der Waals surface area contributed by atoms with Crippen LogP contribution >= 0.6 is 15.6 Å². The number of hydrogen-bond acceptors (Lipinski definition) is 9. The molecule has 4 atom stereocenters. The van der Waals surface area contributed by atoms with Gasteiger partial charge in [-0.25, -0.2) is 18.9 Å². The highest BCUT2D eigenvalue weighted by atomic mass is 31.3. The summed E-state index contributed by atoms with van der Waals surface area (Å²) in [4.78, 5) is 57.6. The number of phosphoric ester groups is 1. The van der Waals surface area contributed by atoms with Crippen molar-refractivity contribution in [2.24, 2.45) is 0 Å². The van der Waals surface area contributed by atoms with E-state index in [1.165, 1.54) is 10.9 Å². The molecule has 1 saturated heterocycles. The van der Waals surface area contributed by atoms with Crippen LogP contribution in [0.25, 0.3) is 11.2 Å². The van der Waals surface area contributed by atoms with Crippen molar-refractivity contribution in [3.05, 3.63) is 27.2 Å². The van der Waals surface area contributed by atoms with Crippen LogP contribution in [0.2, 0.25) is 0 Å². The zero-order valence-electron chi connectivity index (χ0n) is 13.2. The molecule has 2 aromatic heterocycles. The molecule has 0 aromatic carbocycles. The van der Waals surface area contributed by atoms with Crippen LogP contribution in [0.5, 0.6) is 0 Å². The van der Waals surface area contributed by atoms with Gasteiger partial charge in [-0.2, -0.15) is 4.31 Å². The zero-order valence-corrected chi connectivity index (χ0v) is 14.9. The molecule has 1 aliphatic rings. The van der Waals surface area contributed by atoms with Crippen LogP contribution in [0.4, 0.5) is 0 Å². The predicted octanol–water partition coefficient (Wildman–Crippen LogP) is -1.71. The highest BCUT2D eigenvalue weighted by molar-refractivity contribution is 7.60. The maximum Gasteiger partial charge on any atom is 0.481 e. The van der Waals surface area contributed by atoms with Crippen molar-refractivity contribution >= 4 is 26.8 Å². The standard InChI is InChI=1S/C10H14N4O11P2/c15-4-1-6(14-3-11-7-8(14)12-10(17)13-9(7)16)24-5(4)2-23-27(21,22)25-26(18,19)20/h3-6,15H,1-2H2,(H,21,22)(H2,18,19,20)(H2,12,13,16,17). The molecule has 0 aliphatic carbocycles. The van der Waals surface area contributed by atoms with E-state index < -0.39 is 51.9 Å². The Balaban J connectivity index is 1.74. The Kier molecular flexibility index (Phi) is 5.24. The summed E-state index contributed by atoms with van der Waals surface area (Å²) < 4.78 is 36.8. The molecule has 15 nitrogen and oxygen atoms in total. The third kappa shape index (κ3) is 4.60. The highest BCUT2D eigenvalue weighted by Gasteiger charge is 2.39. The average Bonchev–Trinajstić information content (AvgIpc) is 3.06. The SMILES string of the molecule is O=c1[nH]c(=O)c2ncn(C3CC(O)C(COP(=O)(O)OP(=O)(O)O)O3)c2[nH]1. The Morgan fingerprint density at radius 2 is 2.00 bits per heavy atom. The number of nitrogens with one attached hydrogen (secondary N) is 2. The molecule has 6 N–H and O–H groups in total. The fraction of sp³-hybridized carbons (Fsp3) is 0.500. The van der Waals surface area contributed by atoms with E-state index in [-0.39, 0.29) is 17.6 Å². The van der Waals surface area contributed by atoms with Crippen molar-refractivity contribution in [3.63, 3.8) is 0 Å². The van der Waals surface area contributed by atoms with Gasteiger partial charge < -0.3 is 24.5 Å². The summed E-state index contributed by atoms with van der Waals surface area (Å²) in [6.45, 7) is -0.727. The minimum Gasteiger partial charge on any atom is -0.390 e. The molecule has 3 rings (SSSR count). The number of ether oxygens (including phenoxy) is 1. The number of aliphatic hydroxyl groups excluding tert-OH is 1. The maximum atomic E-state index is 11.7. The fourth-order valence-corrected chi connectivity index (χ4v) is 4.13. The number of fused-ring (bicyclic) bond motifs is 1. The number of phosphoric acid groups is 2. The van der Waals surface area contributed by atoms with Gasteiger partial charge in [0, 0.05) is 6.42 Å². The lowest BCUT2D eigenvalue weighted by Crippen LogP contribution is -2.26. The Labute approximate surface area is 148 Å². The summed E-state index contributed by atoms with van der Waals surface area (Å²) in [5, 5.41) is 10.0. The quantitative estimate of drug-likeness (QED) is 0.283. The molecule has 0 amide bonds. The second-order valence-corrected chi connectivity index (χ2v) is 8.36. The molecule has 3 heterocycles. The molecule has 1 fully saturated rings. The van der Waals surface area contributed by atoms with Gasteiger partial charge in [0.1, 0.15) is 18.0 Å². The van der Waals surface area contributed by atoms with Gasteiger partial charge in [0.2, 0.25) is 0 Å². The molecular weight excluding hydrogens is 414 g/mol. The molecule has 27 heavy (non-hydrogen) atoms. The normalized spacial score (nSPS) is 25.7. The number of aromatic nitrogens is 4. The second kappa shape index (κ2) is 7.05. The number of aliphatic hydroxyl groups is 1. The Morgan fingerprint density at radius 3 is 2.67 bits per heavy atom. The lowest BCUT2D eigenvalue weighted by Gasteiger charge is -2.18. The molecular formula is C10H14N4O11P2. The average molecular weight is 428 g/mol. The van der Waals surface area contributed by atoms with Crippen LogP contribution in [0, 0.1) is 0 Å². The zero-order chi connectivity index (χ0) is 20.0. The van der Waals surface area contributed by atoms with Gasteiger partial charge in [-0.15, -0.1) is 0 Å². The first-order valence-electron chi connectivity index (χ1n) is 7.22. The van der Waals surface area contributed by atoms with E-state index in [1.54, 1.807) is 0 Å². The van der Waals surface area contributed by atoms with Crippen LogP contribution < -0.4 is 11.2 Å². The molecule has 2 aromatic rings. The topological polar surface area (TPSA) is 226 Å². The highest BCUT2D eigenvalue weighted by Crippen LogP contribution is 2.57. The molecule has 4 unspecified atom stereocenters. The van der Waals surface area contributed by atoms with Crippen molar-refractivity contribution in [3.8, 4) is 0 Å². The number of aromatic amines is 2. The summed E-state index contributed by atoms with van der Waals surface area (Å²) in [5.74, 6) is 0. The molecule has 0 radical (unpaired) electrons. The van der Waals surface area contributed by atoms with E-state index in [0.717, 1.165) is 0 Å². The van der Waals surface area contributed by atoms with Crippen molar-refractivity contribution in [2.45, 2.75) is 24.9 Å². The summed E-state index contributed by atoms with van der Waals surface area (Å²) in [6, 6.07) is 0. The first-order valence-corrected chi connectivity index (χ1v) is 10.2. The van der Waals surface area contributed by atoms with Gasteiger partial charge in [0.15, 0.2) is 5.52 Å². The van der Waals surface area contributed by atoms with Gasteiger partial charge in [-0.3, -0.25) is 23.9 Å². The van der Waals surface area contributed by atoms with Gasteiger partial charge in [-0.1, -0.05) is 0 Å². The van der Waals surface area contributed by atoms with Gasteiger partial charge >= 0.3 is 21.3 Å². The van der Waals surface area contributed by atoms with E-state index >= 15 is 0 Å². The van der Waals surface area contributed by atoms with Gasteiger partial charge in [0.05, 0.1) is 19.0 Å².